The molecule has 0 bridgehead atoms. The molecule has 1 N–H and O–H groups in total. The van der Waals surface area contributed by atoms with Crippen molar-refractivity contribution in [1.82, 2.24) is 9.97 Å². The third-order valence-electron chi connectivity index (χ3n) is 7.01. The van der Waals surface area contributed by atoms with E-state index in [9.17, 15) is 17.6 Å². The van der Waals surface area contributed by atoms with Crippen LogP contribution in [0.25, 0.3) is 17.3 Å². The van der Waals surface area contributed by atoms with Crippen molar-refractivity contribution in [2.75, 3.05) is 22.9 Å². The number of hydrogen-bond donors (Lipinski definition) is 1. The van der Waals surface area contributed by atoms with E-state index in [-0.39, 0.29) is 25.6 Å². The van der Waals surface area contributed by atoms with Gasteiger partial charge < -0.3 is 14.8 Å². The Morgan fingerprint density at radius 2 is 1.73 bits per heavy atom. The minimum absolute atomic E-state index is 0. The average molecular weight is 643 g/mol. The molecule has 0 radical (unpaired) electrons. The number of sulfonamides is 1. The zero-order valence-corrected chi connectivity index (χ0v) is 28.4. The number of benzene rings is 2. The van der Waals surface area contributed by atoms with Gasteiger partial charge in [0.25, 0.3) is 0 Å². The number of hydrogen-bond acceptors (Lipinski definition) is 7. The molecule has 0 unspecified atom stereocenters. The van der Waals surface area contributed by atoms with E-state index in [4.69, 9.17) is 9.47 Å². The van der Waals surface area contributed by atoms with Gasteiger partial charge in [0.2, 0.25) is 21.9 Å². The van der Waals surface area contributed by atoms with Gasteiger partial charge >= 0.3 is 0 Å². The lowest BCUT2D eigenvalue weighted by Crippen LogP contribution is -2.45. The van der Waals surface area contributed by atoms with Crippen LogP contribution in [0, 0.1) is 12.7 Å². The SMILES string of the molecule is CC.Cc1ccc(NC(=O)C[C@H]2C[C@@H](/C=C/c3c(-c4ccc(F)cc4)nc(N(C)S(C)(=O)=O)nc3C(C)C)OC(C)(C)O2)cc1.[HH]. The molecule has 0 aliphatic carbocycles. The van der Waals surface area contributed by atoms with Crippen LogP contribution in [-0.4, -0.2) is 55.6 Å². The first kappa shape index (κ1) is 35.8. The van der Waals surface area contributed by atoms with Crippen molar-refractivity contribution in [3.63, 3.8) is 0 Å². The summed E-state index contributed by atoms with van der Waals surface area (Å²) >= 11 is 0. The second-order valence-corrected chi connectivity index (χ2v) is 13.6. The highest BCUT2D eigenvalue weighted by molar-refractivity contribution is 7.92. The third kappa shape index (κ3) is 9.91. The molecule has 3 aromatic rings. The molecule has 1 aromatic heterocycles. The van der Waals surface area contributed by atoms with E-state index in [1.54, 1.807) is 26.0 Å². The van der Waals surface area contributed by atoms with Crippen molar-refractivity contribution in [3.05, 3.63) is 77.2 Å². The Kier molecular flexibility index (Phi) is 12.0. The predicted octanol–water partition coefficient (Wildman–Crippen LogP) is 7.33. The maximum absolute atomic E-state index is 13.8. The van der Waals surface area contributed by atoms with Crippen molar-refractivity contribution >= 4 is 33.6 Å². The van der Waals surface area contributed by atoms with Gasteiger partial charge in [0.1, 0.15) is 5.82 Å². The van der Waals surface area contributed by atoms with Crippen LogP contribution in [0.5, 0.6) is 0 Å². The van der Waals surface area contributed by atoms with Crippen LogP contribution in [-0.2, 0) is 24.3 Å². The Morgan fingerprint density at radius 1 is 1.11 bits per heavy atom. The number of ether oxygens (including phenoxy) is 2. The predicted molar refractivity (Wildman–Crippen MR) is 180 cm³/mol. The molecular weight excluding hydrogens is 595 g/mol. The summed E-state index contributed by atoms with van der Waals surface area (Å²) in [5, 5.41) is 2.92. The lowest BCUT2D eigenvalue weighted by Gasteiger charge is -2.39. The number of aryl methyl sites for hydroxylation is 1. The molecule has 9 nitrogen and oxygen atoms in total. The topological polar surface area (TPSA) is 111 Å². The van der Waals surface area contributed by atoms with Crippen molar-refractivity contribution in [2.45, 2.75) is 85.2 Å². The summed E-state index contributed by atoms with van der Waals surface area (Å²) in [5.41, 5.74) is 4.17. The first-order valence-electron chi connectivity index (χ1n) is 15.1. The lowest BCUT2D eigenvalue weighted by atomic mass is 9.97. The first-order valence-corrected chi connectivity index (χ1v) is 17.0. The zero-order valence-electron chi connectivity index (χ0n) is 27.6. The van der Waals surface area contributed by atoms with E-state index in [1.807, 2.05) is 71.0 Å². The van der Waals surface area contributed by atoms with E-state index in [1.165, 1.54) is 19.2 Å². The molecule has 2 atom stereocenters. The highest BCUT2D eigenvalue weighted by Crippen LogP contribution is 2.34. The molecule has 1 aliphatic rings. The standard InChI is InChI=1S/C32H39FN4O5S.C2H6.H2/c1-20(2)29-27(30(22-10-12-23(33)13-11-22)36-31(35-29)37(6)43(7,39)40)17-16-25-18-26(42-32(4,5)41-25)19-28(38)34-24-14-8-21(3)9-15-24;1-2;/h8-17,20,25-26H,18-19H2,1-7H3,(H,34,38);1-2H3;1H/b17-16+;;/t25-,26-;;/m1../s1. The lowest BCUT2D eigenvalue weighted by molar-refractivity contribution is -0.289. The van der Waals surface area contributed by atoms with Crippen molar-refractivity contribution in [2.24, 2.45) is 0 Å². The Hall–Kier alpha value is -3.67. The van der Waals surface area contributed by atoms with Gasteiger partial charge in [-0.05, 0) is 63.1 Å². The fraction of sp³-hybridized carbons (Fsp3) is 0.441. The van der Waals surface area contributed by atoms with Gasteiger partial charge in [0, 0.05) is 31.7 Å². The van der Waals surface area contributed by atoms with Gasteiger partial charge in [-0.15, -0.1) is 0 Å². The second-order valence-electron chi connectivity index (χ2n) is 11.6. The van der Waals surface area contributed by atoms with Crippen LogP contribution < -0.4 is 9.62 Å². The van der Waals surface area contributed by atoms with Crippen LogP contribution in [0.3, 0.4) is 0 Å². The van der Waals surface area contributed by atoms with Crippen LogP contribution in [0.15, 0.2) is 54.6 Å². The first-order chi connectivity index (χ1) is 21.1. The molecule has 1 amide bonds. The maximum atomic E-state index is 13.8. The molecule has 1 aliphatic heterocycles. The molecule has 1 fully saturated rings. The Morgan fingerprint density at radius 3 is 2.31 bits per heavy atom. The van der Waals surface area contributed by atoms with E-state index >= 15 is 0 Å². The van der Waals surface area contributed by atoms with Crippen LogP contribution in [0.1, 0.15) is 78.5 Å². The van der Waals surface area contributed by atoms with Crippen LogP contribution >= 0.6 is 0 Å². The van der Waals surface area contributed by atoms with Gasteiger partial charge in [-0.3, -0.25) is 4.79 Å². The van der Waals surface area contributed by atoms with Crippen molar-refractivity contribution in [1.29, 1.82) is 0 Å². The van der Waals surface area contributed by atoms with Crippen molar-refractivity contribution < 1.29 is 28.5 Å². The van der Waals surface area contributed by atoms with E-state index < -0.39 is 33.8 Å². The van der Waals surface area contributed by atoms with Gasteiger partial charge in [-0.2, -0.15) is 0 Å². The quantitative estimate of drug-likeness (QED) is 0.260. The molecule has 0 saturated carbocycles. The minimum Gasteiger partial charge on any atom is -0.347 e. The fourth-order valence-corrected chi connectivity index (χ4v) is 5.23. The van der Waals surface area contributed by atoms with Gasteiger partial charge in [-0.1, -0.05) is 57.5 Å². The summed E-state index contributed by atoms with van der Waals surface area (Å²) in [6.07, 6.45) is 4.60. The molecule has 45 heavy (non-hydrogen) atoms. The summed E-state index contributed by atoms with van der Waals surface area (Å²) < 4.78 is 51.8. The number of rotatable bonds is 9. The molecule has 2 aromatic carbocycles. The number of halogens is 1. The summed E-state index contributed by atoms with van der Waals surface area (Å²) in [5.74, 6) is -1.58. The monoisotopic (exact) mass is 642 g/mol. The average Bonchev–Trinajstić information content (AvgIpc) is 2.96. The summed E-state index contributed by atoms with van der Waals surface area (Å²) in [6.45, 7) is 13.5. The van der Waals surface area contributed by atoms with E-state index in [2.05, 4.69) is 15.3 Å². The zero-order chi connectivity index (χ0) is 33.5. The van der Waals surface area contributed by atoms with Crippen LogP contribution in [0.2, 0.25) is 0 Å². The van der Waals surface area contributed by atoms with Gasteiger partial charge in [0.15, 0.2) is 5.79 Å². The Balaban J connectivity index is 0.00000241. The largest absolute Gasteiger partial charge is 0.347 e. The number of aromatic nitrogens is 2. The van der Waals surface area contributed by atoms with Gasteiger partial charge in [0.05, 0.1) is 36.3 Å². The highest BCUT2D eigenvalue weighted by atomic mass is 32.2. The number of anilines is 2. The van der Waals surface area contributed by atoms with Gasteiger partial charge in [-0.25, -0.2) is 27.1 Å². The molecule has 246 valence electrons. The maximum Gasteiger partial charge on any atom is 0.239 e. The normalized spacial score (nSPS) is 17.9. The number of amides is 1. The molecular formula is C34H47FN4O5S. The minimum atomic E-state index is -3.63. The molecule has 1 saturated heterocycles. The molecule has 11 heteroatoms. The number of nitrogens with one attached hydrogen (secondary N) is 1. The smallest absolute Gasteiger partial charge is 0.239 e. The summed E-state index contributed by atoms with van der Waals surface area (Å²) in [4.78, 5) is 22.1. The molecule has 0 spiro atoms. The number of nitrogens with zero attached hydrogens (tertiary/aromatic N) is 3. The highest BCUT2D eigenvalue weighted by Gasteiger charge is 2.35. The Bertz CT molecular complexity index is 1600. The Labute approximate surface area is 268 Å². The number of carbonyl (C=O) groups is 1. The second kappa shape index (κ2) is 15.1. The van der Waals surface area contributed by atoms with Crippen molar-refractivity contribution in [3.8, 4) is 11.3 Å². The summed E-state index contributed by atoms with van der Waals surface area (Å²) in [7, 11) is -2.24. The molecule has 2 heterocycles. The fourth-order valence-electron chi connectivity index (χ4n) is 4.85. The van der Waals surface area contributed by atoms with Crippen LogP contribution in [0.4, 0.5) is 16.0 Å². The summed E-state index contributed by atoms with van der Waals surface area (Å²) in [6, 6.07) is 13.4. The van der Waals surface area contributed by atoms with E-state index in [0.717, 1.165) is 21.8 Å². The van der Waals surface area contributed by atoms with E-state index in [0.29, 0.717) is 28.9 Å². The molecule has 4 rings (SSSR count). The third-order valence-corrected chi connectivity index (χ3v) is 8.17. The number of carbonyl (C=O) groups excluding carboxylic acids is 1.